The van der Waals surface area contributed by atoms with Gasteiger partial charge in [-0.1, -0.05) is 30.3 Å². The summed E-state index contributed by atoms with van der Waals surface area (Å²) in [6, 6.07) is 15.0. The van der Waals surface area contributed by atoms with Crippen molar-refractivity contribution >= 4 is 0 Å². The predicted octanol–water partition coefficient (Wildman–Crippen LogP) is 4.13. The number of ether oxygens (including phenoxy) is 2. The minimum atomic E-state index is -0.423. The molecule has 0 bridgehead atoms. The fourth-order valence-corrected chi connectivity index (χ4v) is 4.18. The van der Waals surface area contributed by atoms with Gasteiger partial charge in [-0.3, -0.25) is 0 Å². The van der Waals surface area contributed by atoms with Crippen LogP contribution in [0.2, 0.25) is 0 Å². The highest BCUT2D eigenvalue weighted by atomic mass is 16.5. The van der Waals surface area contributed by atoms with E-state index in [9.17, 15) is 10.2 Å². The fraction of sp³-hybridized carbons (Fsp3) is 0.500. The Kier molecular flexibility index (Phi) is 6.00. The topological polar surface area (TPSA) is 58.9 Å². The number of hydrogen-bond donors (Lipinski definition) is 2. The first-order valence-electron chi connectivity index (χ1n) is 10.4. The molecule has 4 heteroatoms. The Morgan fingerprint density at radius 1 is 1.07 bits per heavy atom. The van der Waals surface area contributed by atoms with Crippen molar-refractivity contribution in [3.05, 3.63) is 64.7 Å². The van der Waals surface area contributed by atoms with Crippen molar-refractivity contribution < 1.29 is 19.7 Å². The van der Waals surface area contributed by atoms with Crippen LogP contribution in [0.5, 0.6) is 5.75 Å². The number of aliphatic hydroxyl groups excluding tert-OH is 2. The standard InChI is InChI=1S/C24H30O4/c1-2-27-21-8-3-16(4-9-21)11-19-12-18(7-10-23(19)17-5-6-17)24-14-20(26)13-22(15-25)28-24/h3-4,7-10,12,17,20,22,24-26H,2,5-6,11,13-15H2,1H3/t20-,22-,24+/m0/s1. The van der Waals surface area contributed by atoms with E-state index in [1.54, 1.807) is 0 Å². The van der Waals surface area contributed by atoms with Crippen LogP contribution in [0.15, 0.2) is 42.5 Å². The first kappa shape index (κ1) is 19.4. The molecule has 0 radical (unpaired) electrons. The van der Waals surface area contributed by atoms with Crippen LogP contribution in [0, 0.1) is 0 Å². The molecule has 1 saturated carbocycles. The lowest BCUT2D eigenvalue weighted by atomic mass is 9.90. The molecule has 2 aromatic rings. The third-order valence-corrected chi connectivity index (χ3v) is 5.77. The molecule has 0 aromatic heterocycles. The Labute approximate surface area is 167 Å². The van der Waals surface area contributed by atoms with Crippen molar-refractivity contribution in [2.45, 2.75) is 63.3 Å². The van der Waals surface area contributed by atoms with E-state index in [2.05, 4.69) is 30.3 Å². The highest BCUT2D eigenvalue weighted by Crippen LogP contribution is 2.43. The van der Waals surface area contributed by atoms with E-state index in [0.717, 1.165) is 17.7 Å². The van der Waals surface area contributed by atoms with Crippen LogP contribution in [0.4, 0.5) is 0 Å². The van der Waals surface area contributed by atoms with Crippen molar-refractivity contribution in [1.82, 2.24) is 0 Å². The number of hydrogen-bond acceptors (Lipinski definition) is 4. The summed E-state index contributed by atoms with van der Waals surface area (Å²) in [6.07, 6.45) is 3.63. The third kappa shape index (κ3) is 4.57. The molecule has 2 aromatic carbocycles. The monoisotopic (exact) mass is 382 g/mol. The maximum Gasteiger partial charge on any atom is 0.119 e. The molecule has 1 aliphatic heterocycles. The summed E-state index contributed by atoms with van der Waals surface area (Å²) in [6.45, 7) is 2.62. The second kappa shape index (κ2) is 8.64. The lowest BCUT2D eigenvalue weighted by molar-refractivity contribution is -0.113. The Morgan fingerprint density at radius 2 is 1.86 bits per heavy atom. The van der Waals surface area contributed by atoms with Gasteiger partial charge in [-0.15, -0.1) is 0 Å². The van der Waals surface area contributed by atoms with Gasteiger partial charge in [0, 0.05) is 12.8 Å². The van der Waals surface area contributed by atoms with E-state index in [-0.39, 0.29) is 18.8 Å². The summed E-state index contributed by atoms with van der Waals surface area (Å²) in [5.74, 6) is 1.58. The van der Waals surface area contributed by atoms with Gasteiger partial charge in [-0.05, 0) is 66.5 Å². The molecular formula is C24H30O4. The van der Waals surface area contributed by atoms with Crippen LogP contribution in [-0.2, 0) is 11.2 Å². The first-order chi connectivity index (χ1) is 13.7. The van der Waals surface area contributed by atoms with Gasteiger partial charge in [0.2, 0.25) is 0 Å². The first-order valence-corrected chi connectivity index (χ1v) is 10.4. The summed E-state index contributed by atoms with van der Waals surface area (Å²) >= 11 is 0. The van der Waals surface area contributed by atoms with Gasteiger partial charge < -0.3 is 19.7 Å². The molecule has 0 amide bonds. The lowest BCUT2D eigenvalue weighted by Gasteiger charge is -2.33. The minimum Gasteiger partial charge on any atom is -0.494 e. The van der Waals surface area contributed by atoms with Crippen LogP contribution < -0.4 is 4.74 Å². The fourth-order valence-electron chi connectivity index (χ4n) is 4.18. The number of benzene rings is 2. The number of aliphatic hydroxyl groups is 2. The normalized spacial score (nSPS) is 24.9. The van der Waals surface area contributed by atoms with E-state index in [0.29, 0.717) is 25.4 Å². The summed E-state index contributed by atoms with van der Waals surface area (Å²) in [7, 11) is 0. The lowest BCUT2D eigenvalue weighted by Crippen LogP contribution is -2.33. The molecular weight excluding hydrogens is 352 g/mol. The van der Waals surface area contributed by atoms with Gasteiger partial charge in [-0.2, -0.15) is 0 Å². The molecule has 1 heterocycles. The van der Waals surface area contributed by atoms with Crippen LogP contribution in [0.25, 0.3) is 0 Å². The third-order valence-electron chi connectivity index (χ3n) is 5.77. The zero-order valence-corrected chi connectivity index (χ0v) is 16.5. The number of rotatable bonds is 7. The smallest absolute Gasteiger partial charge is 0.119 e. The molecule has 0 unspecified atom stereocenters. The largest absolute Gasteiger partial charge is 0.494 e. The van der Waals surface area contributed by atoms with Gasteiger partial charge in [0.15, 0.2) is 0 Å². The molecule has 2 N–H and O–H groups in total. The molecule has 4 nitrogen and oxygen atoms in total. The van der Waals surface area contributed by atoms with E-state index in [4.69, 9.17) is 9.47 Å². The highest BCUT2D eigenvalue weighted by Gasteiger charge is 2.31. The summed E-state index contributed by atoms with van der Waals surface area (Å²) < 4.78 is 11.6. The molecule has 1 aliphatic carbocycles. The van der Waals surface area contributed by atoms with E-state index in [1.165, 1.54) is 29.5 Å². The van der Waals surface area contributed by atoms with Gasteiger partial charge in [0.1, 0.15) is 5.75 Å². The molecule has 4 rings (SSSR count). The molecule has 3 atom stereocenters. The maximum atomic E-state index is 10.2. The predicted molar refractivity (Wildman–Crippen MR) is 109 cm³/mol. The molecule has 28 heavy (non-hydrogen) atoms. The van der Waals surface area contributed by atoms with Crippen molar-refractivity contribution in [3.8, 4) is 5.75 Å². The quantitative estimate of drug-likeness (QED) is 0.756. The SMILES string of the molecule is CCOc1ccc(Cc2cc([C@H]3C[C@@H](O)C[C@@H](CO)O3)ccc2C2CC2)cc1. The van der Waals surface area contributed by atoms with Gasteiger partial charge in [-0.25, -0.2) is 0 Å². The van der Waals surface area contributed by atoms with Crippen molar-refractivity contribution in [2.75, 3.05) is 13.2 Å². The Balaban J connectivity index is 1.57. The van der Waals surface area contributed by atoms with Crippen molar-refractivity contribution in [1.29, 1.82) is 0 Å². The molecule has 2 fully saturated rings. The Bertz CT molecular complexity index is 782. The van der Waals surface area contributed by atoms with Gasteiger partial charge in [0.25, 0.3) is 0 Å². The van der Waals surface area contributed by atoms with Crippen molar-refractivity contribution in [3.63, 3.8) is 0 Å². The summed E-state index contributed by atoms with van der Waals surface area (Å²) in [5.41, 5.74) is 5.14. The van der Waals surface area contributed by atoms with E-state index < -0.39 is 6.10 Å². The zero-order valence-electron chi connectivity index (χ0n) is 16.5. The van der Waals surface area contributed by atoms with Gasteiger partial charge >= 0.3 is 0 Å². The average Bonchev–Trinajstić information content (AvgIpc) is 3.54. The minimum absolute atomic E-state index is 0.0489. The Hall–Kier alpha value is -1.88. The summed E-state index contributed by atoms with van der Waals surface area (Å²) in [5, 5.41) is 19.6. The van der Waals surface area contributed by atoms with Crippen LogP contribution in [-0.4, -0.2) is 35.6 Å². The highest BCUT2D eigenvalue weighted by molar-refractivity contribution is 5.41. The average molecular weight is 383 g/mol. The second-order valence-corrected chi connectivity index (χ2v) is 8.04. The molecule has 2 aliphatic rings. The van der Waals surface area contributed by atoms with Crippen LogP contribution in [0.3, 0.4) is 0 Å². The Morgan fingerprint density at radius 3 is 2.54 bits per heavy atom. The van der Waals surface area contributed by atoms with Crippen LogP contribution >= 0.6 is 0 Å². The van der Waals surface area contributed by atoms with E-state index in [1.807, 2.05) is 19.1 Å². The van der Waals surface area contributed by atoms with Crippen LogP contribution in [0.1, 0.15) is 66.9 Å². The van der Waals surface area contributed by atoms with Gasteiger partial charge in [0.05, 0.1) is 31.5 Å². The molecule has 150 valence electrons. The summed E-state index contributed by atoms with van der Waals surface area (Å²) in [4.78, 5) is 0. The van der Waals surface area contributed by atoms with E-state index >= 15 is 0 Å². The molecule has 0 spiro atoms. The zero-order chi connectivity index (χ0) is 19.5. The molecule has 1 saturated heterocycles. The van der Waals surface area contributed by atoms with Crippen molar-refractivity contribution in [2.24, 2.45) is 0 Å². The maximum absolute atomic E-state index is 10.2. The second-order valence-electron chi connectivity index (χ2n) is 8.04.